The lowest BCUT2D eigenvalue weighted by Gasteiger charge is -2.40. The van der Waals surface area contributed by atoms with Crippen LogP contribution >= 0.6 is 0 Å². The fourth-order valence-electron chi connectivity index (χ4n) is 3.19. The predicted molar refractivity (Wildman–Crippen MR) is 66.4 cm³/mol. The van der Waals surface area contributed by atoms with Gasteiger partial charge < -0.3 is 10.6 Å². The van der Waals surface area contributed by atoms with E-state index in [0.29, 0.717) is 11.6 Å². The van der Waals surface area contributed by atoms with Crippen molar-refractivity contribution < 1.29 is 0 Å². The Morgan fingerprint density at radius 1 is 1.06 bits per heavy atom. The largest absolute Gasteiger partial charge is 0.313 e. The van der Waals surface area contributed by atoms with Gasteiger partial charge in [-0.2, -0.15) is 0 Å². The molecule has 1 heterocycles. The first-order chi connectivity index (χ1) is 7.88. The summed E-state index contributed by atoms with van der Waals surface area (Å²) in [5.74, 6) is 0. The monoisotopic (exact) mass is 216 g/mol. The first-order valence-corrected chi connectivity index (χ1v) is 6.41. The summed E-state index contributed by atoms with van der Waals surface area (Å²) in [5, 5.41) is 7.49. The molecule has 1 spiro atoms. The van der Waals surface area contributed by atoms with Crippen molar-refractivity contribution >= 4 is 0 Å². The third-order valence-corrected chi connectivity index (χ3v) is 4.05. The van der Waals surface area contributed by atoms with E-state index < -0.39 is 0 Å². The van der Waals surface area contributed by atoms with Gasteiger partial charge >= 0.3 is 0 Å². The Kier molecular flexibility index (Phi) is 2.70. The fourth-order valence-corrected chi connectivity index (χ4v) is 3.19. The van der Waals surface area contributed by atoms with Gasteiger partial charge in [0.25, 0.3) is 0 Å². The summed E-state index contributed by atoms with van der Waals surface area (Å²) >= 11 is 0. The second kappa shape index (κ2) is 4.19. The van der Waals surface area contributed by atoms with Gasteiger partial charge in [0.1, 0.15) is 0 Å². The zero-order valence-corrected chi connectivity index (χ0v) is 9.71. The van der Waals surface area contributed by atoms with Crippen LogP contribution in [0.2, 0.25) is 0 Å². The summed E-state index contributed by atoms with van der Waals surface area (Å²) in [6, 6.07) is 11.3. The van der Waals surface area contributed by atoms with E-state index in [1.807, 2.05) is 0 Å². The highest BCUT2D eigenvalue weighted by Crippen LogP contribution is 2.33. The molecule has 1 aromatic carbocycles. The van der Waals surface area contributed by atoms with Gasteiger partial charge in [-0.3, -0.25) is 0 Å². The van der Waals surface area contributed by atoms with Crippen molar-refractivity contribution in [2.75, 3.05) is 13.1 Å². The Bertz CT molecular complexity index is 341. The van der Waals surface area contributed by atoms with Crippen LogP contribution in [0.3, 0.4) is 0 Å². The molecule has 2 fully saturated rings. The van der Waals surface area contributed by atoms with Gasteiger partial charge in [0.15, 0.2) is 0 Å². The molecule has 1 atom stereocenters. The van der Waals surface area contributed by atoms with E-state index >= 15 is 0 Å². The molecule has 1 aliphatic heterocycles. The molecule has 0 amide bonds. The average Bonchev–Trinajstić information content (AvgIpc) is 2.78. The van der Waals surface area contributed by atoms with E-state index in [1.54, 1.807) is 0 Å². The van der Waals surface area contributed by atoms with E-state index in [9.17, 15) is 0 Å². The van der Waals surface area contributed by atoms with Crippen molar-refractivity contribution in [1.29, 1.82) is 0 Å². The van der Waals surface area contributed by atoms with E-state index in [-0.39, 0.29) is 0 Å². The standard InChI is InChI=1S/C14H20N2/c1-2-6-12(7-3-1)13-10-15-11-14(16-13)8-4-5-9-14/h1-3,6-7,13,15-16H,4-5,8-11H2. The van der Waals surface area contributed by atoms with E-state index in [4.69, 9.17) is 0 Å². The number of rotatable bonds is 1. The molecular weight excluding hydrogens is 196 g/mol. The molecule has 86 valence electrons. The molecule has 16 heavy (non-hydrogen) atoms. The van der Waals surface area contributed by atoms with E-state index in [2.05, 4.69) is 41.0 Å². The van der Waals surface area contributed by atoms with Crippen LogP contribution < -0.4 is 10.6 Å². The summed E-state index contributed by atoms with van der Waals surface area (Å²) in [4.78, 5) is 0. The first-order valence-electron chi connectivity index (χ1n) is 6.41. The molecule has 0 radical (unpaired) electrons. The summed E-state index contributed by atoms with van der Waals surface area (Å²) in [6.45, 7) is 2.21. The van der Waals surface area contributed by atoms with Gasteiger partial charge in [-0.1, -0.05) is 43.2 Å². The second-order valence-electron chi connectivity index (χ2n) is 5.23. The number of benzene rings is 1. The number of nitrogens with one attached hydrogen (secondary N) is 2. The molecule has 1 saturated carbocycles. The molecule has 1 saturated heterocycles. The molecule has 0 aromatic heterocycles. The normalized spacial score (nSPS) is 28.4. The van der Waals surface area contributed by atoms with Crippen LogP contribution in [0.25, 0.3) is 0 Å². The molecule has 1 aromatic rings. The number of piperazine rings is 1. The van der Waals surface area contributed by atoms with Crippen LogP contribution in [0.15, 0.2) is 30.3 Å². The Morgan fingerprint density at radius 3 is 2.56 bits per heavy atom. The van der Waals surface area contributed by atoms with Crippen LogP contribution in [-0.4, -0.2) is 18.6 Å². The molecule has 2 nitrogen and oxygen atoms in total. The van der Waals surface area contributed by atoms with Gasteiger partial charge in [0, 0.05) is 24.7 Å². The van der Waals surface area contributed by atoms with Crippen molar-refractivity contribution in [1.82, 2.24) is 10.6 Å². The molecule has 0 bridgehead atoms. The van der Waals surface area contributed by atoms with Gasteiger partial charge in [-0.15, -0.1) is 0 Å². The van der Waals surface area contributed by atoms with Crippen molar-refractivity contribution in [3.05, 3.63) is 35.9 Å². The molecule has 2 heteroatoms. The Morgan fingerprint density at radius 2 is 1.81 bits per heavy atom. The first kappa shape index (κ1) is 10.3. The molecule has 2 N–H and O–H groups in total. The lowest BCUT2D eigenvalue weighted by molar-refractivity contribution is 0.229. The van der Waals surface area contributed by atoms with Gasteiger partial charge in [-0.05, 0) is 18.4 Å². The Labute approximate surface area is 97.4 Å². The highest BCUT2D eigenvalue weighted by molar-refractivity contribution is 5.21. The predicted octanol–water partition coefficient (Wildman–Crippen LogP) is 2.23. The SMILES string of the molecule is c1ccc(C2CNCC3(CCCC3)N2)cc1. The maximum atomic E-state index is 3.88. The van der Waals surface area contributed by atoms with Crippen LogP contribution in [0, 0.1) is 0 Å². The minimum absolute atomic E-state index is 0.388. The maximum Gasteiger partial charge on any atom is 0.0451 e. The summed E-state index contributed by atoms with van der Waals surface area (Å²) in [5.41, 5.74) is 1.81. The highest BCUT2D eigenvalue weighted by Gasteiger charge is 2.38. The summed E-state index contributed by atoms with van der Waals surface area (Å²) in [7, 11) is 0. The smallest absolute Gasteiger partial charge is 0.0451 e. The van der Waals surface area contributed by atoms with Crippen molar-refractivity contribution in [2.24, 2.45) is 0 Å². The zero-order chi connectivity index (χ0) is 10.8. The lowest BCUT2D eigenvalue weighted by Crippen LogP contribution is -2.58. The van der Waals surface area contributed by atoms with Crippen LogP contribution in [-0.2, 0) is 0 Å². The average molecular weight is 216 g/mol. The lowest BCUT2D eigenvalue weighted by atomic mass is 9.91. The van der Waals surface area contributed by atoms with Crippen molar-refractivity contribution in [3.63, 3.8) is 0 Å². The van der Waals surface area contributed by atoms with E-state index in [0.717, 1.165) is 13.1 Å². The van der Waals surface area contributed by atoms with Crippen LogP contribution in [0.5, 0.6) is 0 Å². The quantitative estimate of drug-likeness (QED) is 0.752. The zero-order valence-electron chi connectivity index (χ0n) is 9.71. The third-order valence-electron chi connectivity index (χ3n) is 4.05. The van der Waals surface area contributed by atoms with Gasteiger partial charge in [0.05, 0.1) is 0 Å². The van der Waals surface area contributed by atoms with Crippen molar-refractivity contribution in [2.45, 2.75) is 37.3 Å². The fraction of sp³-hybridized carbons (Fsp3) is 0.571. The Balaban J connectivity index is 1.77. The van der Waals surface area contributed by atoms with Crippen molar-refractivity contribution in [3.8, 4) is 0 Å². The van der Waals surface area contributed by atoms with Crippen LogP contribution in [0.1, 0.15) is 37.3 Å². The number of hydrogen-bond acceptors (Lipinski definition) is 2. The molecule has 1 unspecified atom stereocenters. The second-order valence-corrected chi connectivity index (χ2v) is 5.23. The maximum absolute atomic E-state index is 3.88. The Hall–Kier alpha value is -0.860. The molecular formula is C14H20N2. The van der Waals surface area contributed by atoms with Gasteiger partial charge in [0.2, 0.25) is 0 Å². The number of hydrogen-bond donors (Lipinski definition) is 2. The molecule has 3 rings (SSSR count). The molecule has 2 aliphatic rings. The summed E-state index contributed by atoms with van der Waals surface area (Å²) < 4.78 is 0. The van der Waals surface area contributed by atoms with Gasteiger partial charge in [-0.25, -0.2) is 0 Å². The van der Waals surface area contributed by atoms with E-state index in [1.165, 1.54) is 31.2 Å². The summed E-state index contributed by atoms with van der Waals surface area (Å²) in [6.07, 6.45) is 5.44. The topological polar surface area (TPSA) is 24.1 Å². The highest BCUT2D eigenvalue weighted by atomic mass is 15.1. The minimum atomic E-state index is 0.388. The minimum Gasteiger partial charge on any atom is -0.313 e. The van der Waals surface area contributed by atoms with Crippen LogP contribution in [0.4, 0.5) is 0 Å². The molecule has 1 aliphatic carbocycles. The third kappa shape index (κ3) is 1.87.